The molecule has 2 unspecified atom stereocenters. The molecule has 0 saturated heterocycles. The Morgan fingerprint density at radius 1 is 1.24 bits per heavy atom. The summed E-state index contributed by atoms with van der Waals surface area (Å²) in [5.41, 5.74) is 8.19. The van der Waals surface area contributed by atoms with Crippen LogP contribution in [0.1, 0.15) is 54.0 Å². The Morgan fingerprint density at radius 2 is 2.03 bits per heavy atom. The Kier molecular flexibility index (Phi) is 7.49. The molecule has 37 heavy (non-hydrogen) atoms. The van der Waals surface area contributed by atoms with Crippen LogP contribution >= 0.6 is 0 Å². The summed E-state index contributed by atoms with van der Waals surface area (Å²) >= 11 is 0. The number of nitrogens with two attached hydrogens (primary N) is 1. The number of nitrogens with zero attached hydrogens (tertiary/aromatic N) is 2. The maximum Gasteiger partial charge on any atom is 0.163 e. The zero-order valence-corrected chi connectivity index (χ0v) is 21.6. The summed E-state index contributed by atoms with van der Waals surface area (Å²) in [7, 11) is 1.48. The molecule has 0 bridgehead atoms. The quantitative estimate of drug-likeness (QED) is 0.353. The molecule has 1 aliphatic heterocycles. The molecule has 2 aromatic heterocycles. The van der Waals surface area contributed by atoms with Gasteiger partial charge in [-0.2, -0.15) is 0 Å². The van der Waals surface area contributed by atoms with Crippen molar-refractivity contribution in [2.75, 3.05) is 26.9 Å². The molecule has 4 rings (SSSR count). The van der Waals surface area contributed by atoms with Crippen molar-refractivity contribution in [3.8, 4) is 28.5 Å². The fourth-order valence-corrected chi connectivity index (χ4v) is 4.31. The number of ketones is 1. The second kappa shape index (κ2) is 10.5. The molecule has 1 aliphatic rings. The van der Waals surface area contributed by atoms with Crippen molar-refractivity contribution in [1.29, 1.82) is 0 Å². The lowest BCUT2D eigenvalue weighted by Gasteiger charge is -2.25. The summed E-state index contributed by atoms with van der Waals surface area (Å²) in [6.07, 6.45) is 1.92. The second-order valence-electron chi connectivity index (χ2n) is 9.76. The largest absolute Gasteiger partial charge is 0.493 e. The van der Waals surface area contributed by atoms with Crippen molar-refractivity contribution in [2.45, 2.75) is 44.8 Å². The Balaban J connectivity index is 1.61. The van der Waals surface area contributed by atoms with Crippen molar-refractivity contribution in [2.24, 2.45) is 5.73 Å². The van der Waals surface area contributed by atoms with Crippen LogP contribution in [0.15, 0.2) is 42.6 Å². The summed E-state index contributed by atoms with van der Waals surface area (Å²) in [6.45, 7) is 5.70. The van der Waals surface area contributed by atoms with Gasteiger partial charge in [0, 0.05) is 35.0 Å². The number of ether oxygens (including phenoxy) is 3. The molecule has 4 N–H and O–H groups in total. The molecule has 0 fully saturated rings. The zero-order valence-electron chi connectivity index (χ0n) is 21.6. The number of fused-ring (bicyclic) bond motifs is 1. The van der Waals surface area contributed by atoms with E-state index in [1.165, 1.54) is 7.11 Å². The first-order valence-corrected chi connectivity index (χ1v) is 12.1. The molecule has 3 heterocycles. The van der Waals surface area contributed by atoms with Crippen LogP contribution in [0, 0.1) is 6.92 Å². The summed E-state index contributed by atoms with van der Waals surface area (Å²) < 4.78 is 16.7. The van der Waals surface area contributed by atoms with Gasteiger partial charge < -0.3 is 30.2 Å². The van der Waals surface area contributed by atoms with E-state index in [0.29, 0.717) is 40.8 Å². The highest BCUT2D eigenvalue weighted by molar-refractivity contribution is 5.96. The summed E-state index contributed by atoms with van der Waals surface area (Å²) in [5.74, 6) is 1.27. The van der Waals surface area contributed by atoms with E-state index in [9.17, 15) is 9.90 Å². The number of pyridine rings is 2. The number of rotatable bonds is 10. The highest BCUT2D eigenvalue weighted by atomic mass is 16.5. The van der Waals surface area contributed by atoms with Gasteiger partial charge in [0.15, 0.2) is 23.0 Å². The number of aryl methyl sites for hydroxylation is 1. The van der Waals surface area contributed by atoms with Crippen LogP contribution in [0.4, 0.5) is 0 Å². The smallest absolute Gasteiger partial charge is 0.163 e. The number of Topliss-reactive ketones (excluding diaryl/α,β-unsaturated/α-hetero) is 1. The number of methoxy groups -OCH3 is 1. The van der Waals surface area contributed by atoms with Gasteiger partial charge in [-0.3, -0.25) is 9.78 Å². The van der Waals surface area contributed by atoms with Crippen molar-refractivity contribution >= 4 is 5.78 Å². The van der Waals surface area contributed by atoms with Gasteiger partial charge in [0.25, 0.3) is 0 Å². The number of aromatic nitrogens is 2. The Morgan fingerprint density at radius 3 is 2.73 bits per heavy atom. The van der Waals surface area contributed by atoms with E-state index in [-0.39, 0.29) is 31.8 Å². The predicted octanol–water partition coefficient (Wildman–Crippen LogP) is 3.27. The topological polar surface area (TPSA) is 137 Å². The normalized spacial score (nSPS) is 18.0. The lowest BCUT2D eigenvalue weighted by atomic mass is 9.88. The first kappa shape index (κ1) is 26.5. The minimum absolute atomic E-state index is 0.0753. The van der Waals surface area contributed by atoms with Crippen LogP contribution in [-0.2, 0) is 11.1 Å². The van der Waals surface area contributed by atoms with Crippen LogP contribution in [0.2, 0.25) is 0 Å². The van der Waals surface area contributed by atoms with Crippen molar-refractivity contribution in [1.82, 2.24) is 9.97 Å². The zero-order chi connectivity index (χ0) is 26.8. The van der Waals surface area contributed by atoms with Crippen molar-refractivity contribution in [3.63, 3.8) is 0 Å². The van der Waals surface area contributed by atoms with E-state index in [4.69, 9.17) is 30.0 Å². The molecule has 1 aromatic carbocycles. The molecular formula is C28H33N3O6. The molecule has 0 spiro atoms. The minimum Gasteiger partial charge on any atom is -0.493 e. The fraction of sp³-hybridized carbons (Fsp3) is 0.393. The number of hydrogen-bond donors (Lipinski definition) is 3. The maximum absolute atomic E-state index is 13.0. The number of hydrogen-bond acceptors (Lipinski definition) is 9. The van der Waals surface area contributed by atoms with Crippen molar-refractivity contribution < 1.29 is 29.2 Å². The summed E-state index contributed by atoms with van der Waals surface area (Å²) in [5, 5.41) is 20.5. The third-order valence-electron chi connectivity index (χ3n) is 6.50. The van der Waals surface area contributed by atoms with E-state index in [1.54, 1.807) is 37.4 Å². The van der Waals surface area contributed by atoms with Crippen molar-refractivity contribution in [3.05, 3.63) is 65.1 Å². The van der Waals surface area contributed by atoms with Gasteiger partial charge in [0.1, 0.15) is 24.5 Å². The van der Waals surface area contributed by atoms with Gasteiger partial charge in [0.2, 0.25) is 0 Å². The first-order chi connectivity index (χ1) is 17.6. The van der Waals surface area contributed by atoms with E-state index < -0.39 is 11.1 Å². The highest BCUT2D eigenvalue weighted by Crippen LogP contribution is 2.44. The average molecular weight is 508 g/mol. The standard InChI is InChI=1S/C28H33N3O6/c1-17-13-19(8-10-30-17)25-26-20(27(2,29)16-37-26)15-24(31-25)28(3,34)9-7-21(33)18-5-6-22(36-12-11-32)23(14-18)35-4/h5-6,8,10,13-15,32,34H,7,9,11-12,16,29H2,1-4H3. The monoisotopic (exact) mass is 507 g/mol. The van der Waals surface area contributed by atoms with Gasteiger partial charge in [-0.15, -0.1) is 0 Å². The van der Waals surface area contributed by atoms with Crippen LogP contribution in [0.3, 0.4) is 0 Å². The summed E-state index contributed by atoms with van der Waals surface area (Å²) in [4.78, 5) is 22.1. The van der Waals surface area contributed by atoms with Crippen LogP contribution in [0.5, 0.6) is 17.2 Å². The maximum atomic E-state index is 13.0. The van der Waals surface area contributed by atoms with E-state index in [2.05, 4.69) is 4.98 Å². The predicted molar refractivity (Wildman–Crippen MR) is 138 cm³/mol. The number of carbonyl (C=O) groups excluding carboxylic acids is 1. The molecule has 9 heteroatoms. The van der Waals surface area contributed by atoms with Crippen LogP contribution < -0.4 is 19.9 Å². The SMILES string of the molecule is COc1cc(C(=O)CCC(C)(O)c2cc3c(c(-c4ccnc(C)c4)n2)OCC3(C)N)ccc1OCCO. The molecule has 0 saturated carbocycles. The molecule has 2 atom stereocenters. The van der Waals surface area contributed by atoms with Crippen LogP contribution in [-0.4, -0.2) is 52.9 Å². The van der Waals surface area contributed by atoms with Gasteiger partial charge in [-0.05, 0) is 63.6 Å². The van der Waals surface area contributed by atoms with E-state index >= 15 is 0 Å². The number of benzene rings is 1. The first-order valence-electron chi connectivity index (χ1n) is 12.1. The second-order valence-corrected chi connectivity index (χ2v) is 9.76. The lowest BCUT2D eigenvalue weighted by Crippen LogP contribution is -2.35. The minimum atomic E-state index is -1.41. The third-order valence-corrected chi connectivity index (χ3v) is 6.50. The molecule has 9 nitrogen and oxygen atoms in total. The lowest BCUT2D eigenvalue weighted by molar-refractivity contribution is 0.0396. The molecular weight excluding hydrogens is 474 g/mol. The van der Waals surface area contributed by atoms with Gasteiger partial charge in [-0.25, -0.2) is 4.98 Å². The Labute approximate surface area is 216 Å². The molecule has 196 valence electrons. The highest BCUT2D eigenvalue weighted by Gasteiger charge is 2.38. The molecule has 0 amide bonds. The average Bonchev–Trinajstić information content (AvgIpc) is 3.19. The number of carbonyl (C=O) groups is 1. The molecule has 0 radical (unpaired) electrons. The van der Waals surface area contributed by atoms with Gasteiger partial charge in [0.05, 0.1) is 24.9 Å². The Bertz CT molecular complexity index is 1310. The van der Waals surface area contributed by atoms with Crippen LogP contribution in [0.25, 0.3) is 11.3 Å². The third kappa shape index (κ3) is 5.58. The van der Waals surface area contributed by atoms with E-state index in [0.717, 1.165) is 16.8 Å². The van der Waals surface area contributed by atoms with Gasteiger partial charge in [-0.1, -0.05) is 0 Å². The summed E-state index contributed by atoms with van der Waals surface area (Å²) in [6, 6.07) is 10.4. The Hall–Kier alpha value is -3.53. The number of aliphatic hydroxyl groups excluding tert-OH is 1. The molecule has 0 aliphatic carbocycles. The number of aliphatic hydroxyl groups is 2. The van der Waals surface area contributed by atoms with E-state index in [1.807, 2.05) is 26.0 Å². The molecule has 3 aromatic rings. The van der Waals surface area contributed by atoms with Gasteiger partial charge >= 0.3 is 0 Å². The fourth-order valence-electron chi connectivity index (χ4n) is 4.31.